The molecule has 0 aromatic carbocycles. The van der Waals surface area contributed by atoms with Crippen LogP contribution >= 0.6 is 22.6 Å². The Morgan fingerprint density at radius 3 is 2.69 bits per heavy atom. The number of carbonyl (C=O) groups is 2. The van der Waals surface area contributed by atoms with Crippen LogP contribution in [0.25, 0.3) is 0 Å². The van der Waals surface area contributed by atoms with Gasteiger partial charge in [-0.2, -0.15) is 5.10 Å². The number of halogens is 1. The summed E-state index contributed by atoms with van der Waals surface area (Å²) in [4.78, 5) is 22.2. The summed E-state index contributed by atoms with van der Waals surface area (Å²) in [5, 5.41) is 13.0. The maximum Gasteiger partial charge on any atom is 0.355 e. The average molecular weight is 338 g/mol. The molecule has 0 unspecified atom stereocenters. The lowest BCUT2D eigenvalue weighted by molar-refractivity contribution is -0.144. The molecule has 0 radical (unpaired) electrons. The van der Waals surface area contributed by atoms with Gasteiger partial charge in [0.05, 0.1) is 15.9 Å². The van der Waals surface area contributed by atoms with Gasteiger partial charge < -0.3 is 9.84 Å². The summed E-state index contributed by atoms with van der Waals surface area (Å²) in [5.41, 5.74) is 0.605. The minimum Gasteiger partial charge on any atom is -0.476 e. The summed E-state index contributed by atoms with van der Waals surface area (Å²) in [5.74, 6) is -1.60. The molecule has 0 aliphatic heterocycles. The van der Waals surface area contributed by atoms with E-state index in [9.17, 15) is 9.59 Å². The van der Waals surface area contributed by atoms with Crippen LogP contribution in [0.4, 0.5) is 0 Å². The fourth-order valence-corrected chi connectivity index (χ4v) is 1.82. The number of nitrogens with zero attached hydrogens (tertiary/aromatic N) is 2. The number of aromatic carboxylic acids is 1. The molecule has 16 heavy (non-hydrogen) atoms. The monoisotopic (exact) mass is 338 g/mol. The van der Waals surface area contributed by atoms with Gasteiger partial charge in [0, 0.05) is 0 Å². The van der Waals surface area contributed by atoms with E-state index in [0.29, 0.717) is 9.26 Å². The van der Waals surface area contributed by atoms with Crippen molar-refractivity contribution >= 4 is 34.5 Å². The van der Waals surface area contributed by atoms with Crippen molar-refractivity contribution in [2.24, 2.45) is 0 Å². The molecule has 0 spiro atoms. The second-order valence-electron chi connectivity index (χ2n) is 3.02. The van der Waals surface area contributed by atoms with Crippen molar-refractivity contribution in [2.75, 3.05) is 6.61 Å². The van der Waals surface area contributed by atoms with E-state index in [0.717, 1.165) is 4.68 Å². The van der Waals surface area contributed by atoms with E-state index in [-0.39, 0.29) is 18.8 Å². The Hall–Kier alpha value is -1.12. The van der Waals surface area contributed by atoms with Crippen molar-refractivity contribution in [1.29, 1.82) is 0 Å². The molecule has 0 amide bonds. The summed E-state index contributed by atoms with van der Waals surface area (Å²) in [7, 11) is 0. The number of ether oxygens (including phenoxy) is 1. The molecule has 0 atom stereocenters. The molecular weight excluding hydrogens is 327 g/mol. The normalized spacial score (nSPS) is 10.2. The number of rotatable bonds is 4. The predicted octanol–water partition coefficient (Wildman–Crippen LogP) is 1.06. The molecule has 0 aliphatic carbocycles. The zero-order valence-electron chi connectivity index (χ0n) is 8.86. The van der Waals surface area contributed by atoms with Crippen LogP contribution in [0.2, 0.25) is 0 Å². The maximum atomic E-state index is 11.2. The van der Waals surface area contributed by atoms with Gasteiger partial charge in [0.1, 0.15) is 6.54 Å². The molecule has 0 fully saturated rings. The number of carbonyl (C=O) groups excluding carboxylic acids is 1. The fourth-order valence-electron chi connectivity index (χ4n) is 1.21. The highest BCUT2D eigenvalue weighted by Crippen LogP contribution is 2.16. The van der Waals surface area contributed by atoms with Crippen LogP contribution in [0.15, 0.2) is 0 Å². The topological polar surface area (TPSA) is 81.4 Å². The lowest BCUT2D eigenvalue weighted by atomic mass is 10.4. The van der Waals surface area contributed by atoms with Gasteiger partial charge in [-0.25, -0.2) is 9.48 Å². The molecule has 1 aromatic rings. The summed E-state index contributed by atoms with van der Waals surface area (Å²) in [6, 6.07) is 0. The van der Waals surface area contributed by atoms with Gasteiger partial charge in [-0.1, -0.05) is 0 Å². The van der Waals surface area contributed by atoms with Crippen LogP contribution in [0, 0.1) is 10.5 Å². The third-order valence-electron chi connectivity index (χ3n) is 1.84. The second-order valence-corrected chi connectivity index (χ2v) is 4.09. The largest absolute Gasteiger partial charge is 0.476 e. The molecule has 1 heterocycles. The average Bonchev–Trinajstić information content (AvgIpc) is 2.42. The highest BCUT2D eigenvalue weighted by atomic mass is 127. The highest BCUT2D eigenvalue weighted by molar-refractivity contribution is 14.1. The van der Waals surface area contributed by atoms with E-state index in [2.05, 4.69) is 5.10 Å². The van der Waals surface area contributed by atoms with E-state index in [4.69, 9.17) is 9.84 Å². The zero-order valence-corrected chi connectivity index (χ0v) is 11.0. The molecule has 0 saturated heterocycles. The first-order chi connectivity index (χ1) is 7.47. The van der Waals surface area contributed by atoms with Gasteiger partial charge >= 0.3 is 11.9 Å². The standard InChI is InChI=1S/C9H11IN2O4/c1-3-16-6(13)4-12-8(9(14)15)7(10)5(2)11-12/h3-4H2,1-2H3,(H,14,15). The Balaban J connectivity index is 3.00. The molecule has 1 aromatic heterocycles. The zero-order chi connectivity index (χ0) is 12.3. The quantitative estimate of drug-likeness (QED) is 0.656. The summed E-state index contributed by atoms with van der Waals surface area (Å²) < 4.78 is 6.42. The van der Waals surface area contributed by atoms with E-state index >= 15 is 0 Å². The molecule has 6 nitrogen and oxygen atoms in total. The van der Waals surface area contributed by atoms with Crippen molar-refractivity contribution in [1.82, 2.24) is 9.78 Å². The number of hydrogen-bond donors (Lipinski definition) is 1. The molecular formula is C9H11IN2O4. The van der Waals surface area contributed by atoms with Crippen LogP contribution in [-0.4, -0.2) is 33.4 Å². The first-order valence-electron chi connectivity index (χ1n) is 4.59. The lowest BCUT2D eigenvalue weighted by Gasteiger charge is -2.04. The Labute approximate surface area is 106 Å². The molecule has 0 saturated carbocycles. The van der Waals surface area contributed by atoms with Crippen LogP contribution in [0.1, 0.15) is 23.1 Å². The van der Waals surface area contributed by atoms with Gasteiger partial charge in [-0.15, -0.1) is 0 Å². The number of aryl methyl sites for hydroxylation is 1. The highest BCUT2D eigenvalue weighted by Gasteiger charge is 2.20. The van der Waals surface area contributed by atoms with Crippen LogP contribution < -0.4 is 0 Å². The van der Waals surface area contributed by atoms with E-state index < -0.39 is 11.9 Å². The Morgan fingerprint density at radius 1 is 1.56 bits per heavy atom. The van der Waals surface area contributed by atoms with E-state index in [1.165, 1.54) is 0 Å². The van der Waals surface area contributed by atoms with Crippen LogP contribution in [0.3, 0.4) is 0 Å². The minimum absolute atomic E-state index is 0.0196. The maximum absolute atomic E-state index is 11.2. The van der Waals surface area contributed by atoms with Crippen LogP contribution in [0.5, 0.6) is 0 Å². The van der Waals surface area contributed by atoms with Crippen molar-refractivity contribution in [2.45, 2.75) is 20.4 Å². The third kappa shape index (κ3) is 2.71. The first kappa shape index (κ1) is 12.9. The third-order valence-corrected chi connectivity index (χ3v) is 3.13. The summed E-state index contributed by atoms with van der Waals surface area (Å²) in [6.07, 6.45) is 0. The number of carboxylic acids is 1. The number of carboxylic acid groups (broad SMARTS) is 1. The van der Waals surface area contributed by atoms with Crippen molar-refractivity contribution in [3.63, 3.8) is 0 Å². The first-order valence-corrected chi connectivity index (χ1v) is 5.67. The molecule has 0 bridgehead atoms. The molecule has 1 N–H and O–H groups in total. The number of hydrogen-bond acceptors (Lipinski definition) is 4. The van der Waals surface area contributed by atoms with Gasteiger partial charge in [0.15, 0.2) is 5.69 Å². The van der Waals surface area contributed by atoms with Gasteiger partial charge in [-0.05, 0) is 36.4 Å². The minimum atomic E-state index is -1.10. The van der Waals surface area contributed by atoms with Crippen molar-refractivity contribution < 1.29 is 19.4 Å². The van der Waals surface area contributed by atoms with Crippen molar-refractivity contribution in [3.05, 3.63) is 15.0 Å². The SMILES string of the molecule is CCOC(=O)Cn1nc(C)c(I)c1C(=O)O. The van der Waals surface area contributed by atoms with Crippen LogP contribution in [-0.2, 0) is 16.1 Å². The fraction of sp³-hybridized carbons (Fsp3) is 0.444. The molecule has 7 heteroatoms. The van der Waals surface area contributed by atoms with Crippen molar-refractivity contribution in [3.8, 4) is 0 Å². The van der Waals surface area contributed by atoms with E-state index in [1.807, 2.05) is 22.6 Å². The number of aromatic nitrogens is 2. The Bertz CT molecular complexity index is 427. The number of esters is 1. The summed E-state index contributed by atoms with van der Waals surface area (Å²) in [6.45, 7) is 3.46. The molecule has 0 aliphatic rings. The summed E-state index contributed by atoms with van der Waals surface area (Å²) >= 11 is 1.89. The molecule has 1 rings (SSSR count). The Kier molecular flexibility index (Phi) is 4.27. The molecule has 88 valence electrons. The predicted molar refractivity (Wildman–Crippen MR) is 63.3 cm³/mol. The van der Waals surface area contributed by atoms with Gasteiger partial charge in [0.2, 0.25) is 0 Å². The van der Waals surface area contributed by atoms with Gasteiger partial charge in [0.25, 0.3) is 0 Å². The smallest absolute Gasteiger partial charge is 0.355 e. The lowest BCUT2D eigenvalue weighted by Crippen LogP contribution is -2.19. The Morgan fingerprint density at radius 2 is 2.19 bits per heavy atom. The van der Waals surface area contributed by atoms with E-state index in [1.54, 1.807) is 13.8 Å². The van der Waals surface area contributed by atoms with Gasteiger partial charge in [-0.3, -0.25) is 4.79 Å². The second kappa shape index (κ2) is 5.28.